The summed E-state index contributed by atoms with van der Waals surface area (Å²) in [5.74, 6) is 1.60. The SMILES string of the molecule is CC(C)n1cnc(-c2ccc(C3=CCCCC3)cc2)n1.CC(C)n1cnc(-c2ccc(C3=CCNCC3)cc2)n1.N=NN=NCl. The third-order valence-corrected chi connectivity index (χ3v) is 7.60. The van der Waals surface area contributed by atoms with Crippen LogP contribution < -0.4 is 5.32 Å². The van der Waals surface area contributed by atoms with Crippen LogP contribution in [0.15, 0.2) is 88.4 Å². The molecule has 45 heavy (non-hydrogen) atoms. The first-order chi connectivity index (χ1) is 21.9. The molecule has 0 unspecified atom stereocenters. The summed E-state index contributed by atoms with van der Waals surface area (Å²) in [6.45, 7) is 10.5. The zero-order chi connectivity index (χ0) is 32.0. The molecule has 0 radical (unpaired) electrons. The molecule has 12 heteroatoms. The van der Waals surface area contributed by atoms with Crippen LogP contribution in [-0.4, -0.2) is 42.6 Å². The number of allylic oxidation sites excluding steroid dienone is 2. The zero-order valence-electron chi connectivity index (χ0n) is 26.4. The minimum atomic E-state index is 0.343. The van der Waals surface area contributed by atoms with Gasteiger partial charge < -0.3 is 5.32 Å². The summed E-state index contributed by atoms with van der Waals surface area (Å²) in [4.78, 5) is 8.76. The van der Waals surface area contributed by atoms with Crippen molar-refractivity contribution in [3.05, 3.63) is 84.5 Å². The number of nitrogens with zero attached hydrogens (tertiary/aromatic N) is 9. The zero-order valence-corrected chi connectivity index (χ0v) is 27.2. The highest BCUT2D eigenvalue weighted by molar-refractivity contribution is 6.13. The number of hydrogen-bond acceptors (Lipinski definition) is 7. The van der Waals surface area contributed by atoms with Crippen molar-refractivity contribution in [1.82, 2.24) is 34.8 Å². The van der Waals surface area contributed by atoms with E-state index in [0.29, 0.717) is 12.1 Å². The van der Waals surface area contributed by atoms with Crippen molar-refractivity contribution in [1.29, 1.82) is 5.53 Å². The Labute approximate surface area is 270 Å². The van der Waals surface area contributed by atoms with E-state index >= 15 is 0 Å². The van der Waals surface area contributed by atoms with Gasteiger partial charge in [-0.3, -0.25) is 0 Å². The molecule has 0 atom stereocenters. The third kappa shape index (κ3) is 9.82. The number of benzene rings is 2. The predicted molar refractivity (Wildman–Crippen MR) is 179 cm³/mol. The summed E-state index contributed by atoms with van der Waals surface area (Å²) in [6, 6.07) is 17.9. The molecular formula is C33H42ClN11. The van der Waals surface area contributed by atoms with Crippen LogP contribution in [0.3, 0.4) is 0 Å². The van der Waals surface area contributed by atoms with Crippen LogP contribution in [0.1, 0.15) is 83.0 Å². The summed E-state index contributed by atoms with van der Waals surface area (Å²) in [7, 11) is 0. The fourth-order valence-corrected chi connectivity index (χ4v) is 5.01. The highest BCUT2D eigenvalue weighted by Gasteiger charge is 2.10. The second kappa shape index (κ2) is 17.2. The molecule has 0 amide bonds. The van der Waals surface area contributed by atoms with Crippen LogP contribution in [0.5, 0.6) is 0 Å². The maximum absolute atomic E-state index is 5.88. The standard InChI is InChI=1S/C17H21N3.C16H20N4.ClHN4/c1-13(2)20-12-18-17(19-20)16-10-8-15(9-11-16)14-6-4-3-5-7-14;1-12(2)20-11-18-16(19-20)15-5-3-13(4-6-15)14-7-9-17-10-8-14;1-3-5-4-2/h6,8-13H,3-5,7H2,1-2H3;3-7,11-12,17H,8-10H2,1-2H3;2H. The van der Waals surface area contributed by atoms with E-state index in [1.165, 1.54) is 48.0 Å². The van der Waals surface area contributed by atoms with E-state index in [1.807, 2.05) is 9.36 Å². The lowest BCUT2D eigenvalue weighted by molar-refractivity contribution is 0.532. The largest absolute Gasteiger partial charge is 0.313 e. The summed E-state index contributed by atoms with van der Waals surface area (Å²) in [5, 5.41) is 17.4. The maximum atomic E-state index is 5.88. The molecule has 2 aromatic carbocycles. The van der Waals surface area contributed by atoms with Crippen molar-refractivity contribution in [2.45, 2.75) is 71.9 Å². The Bertz CT molecular complexity index is 1470. The topological polar surface area (TPSA) is 134 Å². The van der Waals surface area contributed by atoms with E-state index in [0.717, 1.165) is 42.3 Å². The molecule has 236 valence electrons. The lowest BCUT2D eigenvalue weighted by Crippen LogP contribution is -2.19. The number of aromatic nitrogens is 6. The first kappa shape index (κ1) is 33.5. The van der Waals surface area contributed by atoms with Gasteiger partial charge in [-0.05, 0) is 99.1 Å². The van der Waals surface area contributed by atoms with Crippen molar-refractivity contribution in [3.8, 4) is 22.8 Å². The van der Waals surface area contributed by atoms with Gasteiger partial charge in [0.2, 0.25) is 0 Å². The van der Waals surface area contributed by atoms with Crippen LogP contribution in [-0.2, 0) is 0 Å². The molecule has 1 aliphatic carbocycles. The Morgan fingerprint density at radius 3 is 1.60 bits per heavy atom. The van der Waals surface area contributed by atoms with Crippen molar-refractivity contribution >= 4 is 22.9 Å². The summed E-state index contributed by atoms with van der Waals surface area (Å²) in [6.07, 6.45) is 14.4. The Kier molecular flexibility index (Phi) is 12.8. The lowest BCUT2D eigenvalue weighted by atomic mass is 9.93. The van der Waals surface area contributed by atoms with Crippen molar-refractivity contribution in [2.75, 3.05) is 13.1 Å². The molecule has 4 aromatic rings. The van der Waals surface area contributed by atoms with E-state index in [9.17, 15) is 0 Å². The Hall–Kier alpha value is -4.35. The van der Waals surface area contributed by atoms with Crippen LogP contribution in [0.25, 0.3) is 33.9 Å². The highest BCUT2D eigenvalue weighted by Crippen LogP contribution is 2.28. The van der Waals surface area contributed by atoms with Gasteiger partial charge in [0.15, 0.2) is 11.6 Å². The average molecular weight is 628 g/mol. The van der Waals surface area contributed by atoms with Crippen molar-refractivity contribution < 1.29 is 0 Å². The van der Waals surface area contributed by atoms with Crippen molar-refractivity contribution in [2.24, 2.45) is 15.1 Å². The van der Waals surface area contributed by atoms with Gasteiger partial charge in [0, 0.05) is 29.8 Å². The van der Waals surface area contributed by atoms with Gasteiger partial charge in [0.1, 0.15) is 12.7 Å². The van der Waals surface area contributed by atoms with Crippen LogP contribution in [0, 0.1) is 5.53 Å². The van der Waals surface area contributed by atoms with E-state index in [4.69, 9.17) is 5.53 Å². The monoisotopic (exact) mass is 627 g/mol. The molecule has 3 heterocycles. The summed E-state index contributed by atoms with van der Waals surface area (Å²) < 4.78 is 6.38. The Morgan fingerprint density at radius 2 is 1.24 bits per heavy atom. The number of halogens is 1. The minimum Gasteiger partial charge on any atom is -0.313 e. The van der Waals surface area contributed by atoms with E-state index in [-0.39, 0.29) is 0 Å². The van der Waals surface area contributed by atoms with Crippen molar-refractivity contribution in [3.63, 3.8) is 0 Å². The van der Waals surface area contributed by atoms with Gasteiger partial charge >= 0.3 is 0 Å². The smallest absolute Gasteiger partial charge is 0.181 e. The lowest BCUT2D eigenvalue weighted by Gasteiger charge is -2.14. The van der Waals surface area contributed by atoms with Gasteiger partial charge in [0.05, 0.1) is 11.8 Å². The minimum absolute atomic E-state index is 0.343. The molecule has 2 aliphatic rings. The molecular weight excluding hydrogens is 586 g/mol. The second-order valence-electron chi connectivity index (χ2n) is 11.4. The molecule has 0 fully saturated rings. The average Bonchev–Trinajstić information content (AvgIpc) is 3.79. The predicted octanol–water partition coefficient (Wildman–Crippen LogP) is 8.92. The molecule has 11 nitrogen and oxygen atoms in total. The van der Waals surface area contributed by atoms with Gasteiger partial charge in [-0.15, -0.1) is 0 Å². The van der Waals surface area contributed by atoms with Crippen LogP contribution >= 0.6 is 11.8 Å². The normalized spacial score (nSPS) is 14.7. The molecule has 0 bridgehead atoms. The van der Waals surface area contributed by atoms with E-state index < -0.39 is 0 Å². The third-order valence-electron chi connectivity index (χ3n) is 7.54. The van der Waals surface area contributed by atoms with Gasteiger partial charge in [-0.1, -0.05) is 65.3 Å². The Balaban J connectivity index is 0.000000179. The summed E-state index contributed by atoms with van der Waals surface area (Å²) in [5.41, 5.74) is 13.6. The first-order valence-corrected chi connectivity index (χ1v) is 15.7. The molecule has 1 aliphatic heterocycles. The van der Waals surface area contributed by atoms with E-state index in [1.54, 1.807) is 12.7 Å². The highest BCUT2D eigenvalue weighted by atomic mass is 35.5. The van der Waals surface area contributed by atoms with Gasteiger partial charge in [-0.25, -0.2) is 19.3 Å². The number of nitrogens with one attached hydrogen (secondary N) is 2. The second-order valence-corrected chi connectivity index (χ2v) is 11.5. The van der Waals surface area contributed by atoms with Gasteiger partial charge in [0.25, 0.3) is 0 Å². The molecule has 2 aromatic heterocycles. The number of rotatable bonds is 7. The van der Waals surface area contributed by atoms with Crippen LogP contribution in [0.4, 0.5) is 0 Å². The molecule has 6 rings (SSSR count). The summed E-state index contributed by atoms with van der Waals surface area (Å²) >= 11 is 4.55. The number of hydrogen-bond donors (Lipinski definition) is 2. The molecule has 0 spiro atoms. The fourth-order valence-electron chi connectivity index (χ4n) is 4.98. The van der Waals surface area contributed by atoms with E-state index in [2.05, 4.69) is 141 Å². The quantitative estimate of drug-likeness (QED) is 0.156. The fraction of sp³-hybridized carbons (Fsp3) is 0.394. The molecule has 0 saturated carbocycles. The van der Waals surface area contributed by atoms with Gasteiger partial charge in [-0.2, -0.15) is 15.7 Å². The van der Waals surface area contributed by atoms with Crippen LogP contribution in [0.2, 0.25) is 0 Å². The maximum Gasteiger partial charge on any atom is 0.181 e. The molecule has 2 N–H and O–H groups in total. The Morgan fingerprint density at radius 1 is 0.733 bits per heavy atom. The first-order valence-electron chi connectivity index (χ1n) is 15.4. The molecule has 0 saturated heterocycles.